The Morgan fingerprint density at radius 3 is 2.68 bits per heavy atom. The Morgan fingerprint density at radius 2 is 2.00 bits per heavy atom. The highest BCUT2D eigenvalue weighted by Crippen LogP contribution is 2.34. The van der Waals surface area contributed by atoms with E-state index in [0.717, 1.165) is 34.0 Å². The van der Waals surface area contributed by atoms with Gasteiger partial charge >= 0.3 is 0 Å². The number of rotatable bonds is 6. The van der Waals surface area contributed by atoms with Crippen LogP contribution in [0.2, 0.25) is 0 Å². The van der Waals surface area contributed by atoms with Gasteiger partial charge in [-0.3, -0.25) is 4.79 Å². The highest BCUT2D eigenvalue weighted by atomic mass is 32.2. The van der Waals surface area contributed by atoms with Gasteiger partial charge in [0.1, 0.15) is 15.7 Å². The Kier molecular flexibility index (Phi) is 5.81. The van der Waals surface area contributed by atoms with Gasteiger partial charge in [0.05, 0.1) is 5.75 Å². The molecule has 6 heteroatoms. The fraction of sp³-hybridized carbons (Fsp3) is 0.562. The summed E-state index contributed by atoms with van der Waals surface area (Å²) >= 11 is 3.20. The number of thioether (sulfide) groups is 1. The minimum atomic E-state index is 0.0691. The van der Waals surface area contributed by atoms with Crippen molar-refractivity contribution < 1.29 is 4.79 Å². The van der Waals surface area contributed by atoms with E-state index in [1.165, 1.54) is 22.2 Å². The van der Waals surface area contributed by atoms with Crippen molar-refractivity contribution in [2.24, 2.45) is 5.92 Å². The Morgan fingerprint density at radius 1 is 1.27 bits per heavy atom. The van der Waals surface area contributed by atoms with E-state index >= 15 is 0 Å². The minimum absolute atomic E-state index is 0.0691. The molecule has 2 aromatic heterocycles. The molecular weight excluding hydrogens is 314 g/mol. The van der Waals surface area contributed by atoms with Crippen molar-refractivity contribution in [3.8, 4) is 0 Å². The second kappa shape index (κ2) is 7.42. The standard InChI is InChI=1S/C16H23N3OS2/c1-9(2)6-7-17-13(20)8-21-15-14-10(3)11(4)22-16(14)19-12(5)18-15/h9H,6-8H2,1-5H3,(H,17,20). The quantitative estimate of drug-likeness (QED) is 0.642. The van der Waals surface area contributed by atoms with Crippen LogP contribution in [0.1, 0.15) is 36.5 Å². The minimum Gasteiger partial charge on any atom is -0.355 e. The van der Waals surface area contributed by atoms with Crippen molar-refractivity contribution in [1.82, 2.24) is 15.3 Å². The number of amides is 1. The zero-order chi connectivity index (χ0) is 16.3. The van der Waals surface area contributed by atoms with Crippen molar-refractivity contribution in [3.05, 3.63) is 16.3 Å². The van der Waals surface area contributed by atoms with E-state index in [-0.39, 0.29) is 5.91 Å². The summed E-state index contributed by atoms with van der Waals surface area (Å²) in [5.41, 5.74) is 1.22. The number of nitrogens with zero attached hydrogens (tertiary/aromatic N) is 2. The highest BCUT2D eigenvalue weighted by Gasteiger charge is 2.15. The lowest BCUT2D eigenvalue weighted by molar-refractivity contribution is -0.118. The van der Waals surface area contributed by atoms with Gasteiger partial charge in [0.2, 0.25) is 5.91 Å². The van der Waals surface area contributed by atoms with Crippen LogP contribution in [0.15, 0.2) is 5.03 Å². The summed E-state index contributed by atoms with van der Waals surface area (Å²) < 4.78 is 0. The highest BCUT2D eigenvalue weighted by molar-refractivity contribution is 8.00. The maximum Gasteiger partial charge on any atom is 0.230 e. The molecule has 120 valence electrons. The maximum atomic E-state index is 11.9. The first-order chi connectivity index (χ1) is 10.4. The normalized spacial score (nSPS) is 11.4. The molecule has 0 spiro atoms. The predicted octanol–water partition coefficient (Wildman–Crippen LogP) is 3.87. The number of nitrogens with one attached hydrogen (secondary N) is 1. The molecule has 0 aliphatic carbocycles. The smallest absolute Gasteiger partial charge is 0.230 e. The second-order valence-electron chi connectivity index (χ2n) is 5.86. The summed E-state index contributed by atoms with van der Waals surface area (Å²) in [6.07, 6.45) is 1.01. The molecule has 1 amide bonds. The molecule has 0 fully saturated rings. The largest absolute Gasteiger partial charge is 0.355 e. The van der Waals surface area contributed by atoms with Crippen LogP contribution < -0.4 is 5.32 Å². The molecule has 0 atom stereocenters. The summed E-state index contributed by atoms with van der Waals surface area (Å²) in [5, 5.41) is 4.99. The molecule has 2 rings (SSSR count). The van der Waals surface area contributed by atoms with Crippen molar-refractivity contribution >= 4 is 39.2 Å². The van der Waals surface area contributed by atoms with Gasteiger partial charge in [-0.15, -0.1) is 11.3 Å². The van der Waals surface area contributed by atoms with Gasteiger partial charge in [0.15, 0.2) is 0 Å². The van der Waals surface area contributed by atoms with Gasteiger partial charge in [0, 0.05) is 16.8 Å². The first-order valence-corrected chi connectivity index (χ1v) is 9.32. The lowest BCUT2D eigenvalue weighted by Crippen LogP contribution is -2.26. The zero-order valence-electron chi connectivity index (χ0n) is 13.8. The van der Waals surface area contributed by atoms with Crippen LogP contribution in [-0.2, 0) is 4.79 Å². The number of aromatic nitrogens is 2. The lowest BCUT2D eigenvalue weighted by atomic mass is 10.1. The maximum absolute atomic E-state index is 11.9. The third-order valence-electron chi connectivity index (χ3n) is 3.49. The van der Waals surface area contributed by atoms with Crippen LogP contribution in [0.25, 0.3) is 10.2 Å². The summed E-state index contributed by atoms with van der Waals surface area (Å²) in [7, 11) is 0. The average Bonchev–Trinajstić information content (AvgIpc) is 2.70. The van der Waals surface area contributed by atoms with Gasteiger partial charge in [-0.25, -0.2) is 9.97 Å². The molecule has 0 unspecified atom stereocenters. The van der Waals surface area contributed by atoms with Gasteiger partial charge in [-0.2, -0.15) is 0 Å². The van der Waals surface area contributed by atoms with E-state index in [4.69, 9.17) is 0 Å². The second-order valence-corrected chi connectivity index (χ2v) is 8.03. The van der Waals surface area contributed by atoms with Crippen molar-refractivity contribution in [2.45, 2.75) is 46.1 Å². The van der Waals surface area contributed by atoms with E-state index in [1.54, 1.807) is 11.3 Å². The van der Waals surface area contributed by atoms with Crippen molar-refractivity contribution in [3.63, 3.8) is 0 Å². The third kappa shape index (κ3) is 4.20. The summed E-state index contributed by atoms with van der Waals surface area (Å²) in [4.78, 5) is 23.3. The van der Waals surface area contributed by atoms with Crippen LogP contribution in [-0.4, -0.2) is 28.2 Å². The molecule has 22 heavy (non-hydrogen) atoms. The fourth-order valence-electron chi connectivity index (χ4n) is 2.10. The summed E-state index contributed by atoms with van der Waals surface area (Å²) in [6, 6.07) is 0. The molecule has 0 aliphatic rings. The molecule has 0 bridgehead atoms. The molecule has 2 aromatic rings. The van der Waals surface area contributed by atoms with Crippen molar-refractivity contribution in [2.75, 3.05) is 12.3 Å². The fourth-order valence-corrected chi connectivity index (χ4v) is 4.20. The third-order valence-corrected chi connectivity index (χ3v) is 5.57. The molecule has 2 heterocycles. The number of aryl methyl sites for hydroxylation is 3. The SMILES string of the molecule is Cc1nc(SCC(=O)NCCC(C)C)c2c(C)c(C)sc2n1. The van der Waals surface area contributed by atoms with Gasteiger partial charge < -0.3 is 5.32 Å². The van der Waals surface area contributed by atoms with Crippen LogP contribution >= 0.6 is 23.1 Å². The Labute approximate surface area is 140 Å². The Bertz CT molecular complexity index is 680. The van der Waals surface area contributed by atoms with Gasteiger partial charge in [-0.05, 0) is 38.7 Å². The van der Waals surface area contributed by atoms with Crippen LogP contribution in [0.3, 0.4) is 0 Å². The molecule has 0 saturated heterocycles. The number of carbonyl (C=O) groups is 1. The lowest BCUT2D eigenvalue weighted by Gasteiger charge is -2.08. The van der Waals surface area contributed by atoms with E-state index in [2.05, 4.69) is 43.0 Å². The van der Waals surface area contributed by atoms with Crippen molar-refractivity contribution in [1.29, 1.82) is 0 Å². The van der Waals surface area contributed by atoms with Crippen LogP contribution in [0.5, 0.6) is 0 Å². The van der Waals surface area contributed by atoms with E-state index < -0.39 is 0 Å². The summed E-state index contributed by atoms with van der Waals surface area (Å²) in [5.74, 6) is 1.84. The number of carbonyl (C=O) groups excluding carboxylic acids is 1. The van der Waals surface area contributed by atoms with Crippen LogP contribution in [0, 0.1) is 26.7 Å². The number of hydrogen-bond donors (Lipinski definition) is 1. The number of hydrogen-bond acceptors (Lipinski definition) is 5. The Hall–Kier alpha value is -1.14. The number of thiophene rings is 1. The first kappa shape index (κ1) is 17.2. The predicted molar refractivity (Wildman–Crippen MR) is 94.8 cm³/mol. The first-order valence-electron chi connectivity index (χ1n) is 7.52. The molecule has 4 nitrogen and oxygen atoms in total. The van der Waals surface area contributed by atoms with Gasteiger partial charge in [0.25, 0.3) is 0 Å². The summed E-state index contributed by atoms with van der Waals surface area (Å²) in [6.45, 7) is 11.2. The molecule has 1 N–H and O–H groups in total. The zero-order valence-corrected chi connectivity index (χ0v) is 15.5. The monoisotopic (exact) mass is 337 g/mol. The molecule has 0 aliphatic heterocycles. The number of fused-ring (bicyclic) bond motifs is 1. The molecular formula is C16H23N3OS2. The van der Waals surface area contributed by atoms with Crippen LogP contribution in [0.4, 0.5) is 0 Å². The van der Waals surface area contributed by atoms with Gasteiger partial charge in [-0.1, -0.05) is 25.6 Å². The van der Waals surface area contributed by atoms with E-state index in [9.17, 15) is 4.79 Å². The topological polar surface area (TPSA) is 54.9 Å². The molecule has 0 aromatic carbocycles. The molecule has 0 saturated carbocycles. The molecule has 0 radical (unpaired) electrons. The van der Waals surface area contributed by atoms with E-state index in [0.29, 0.717) is 11.7 Å². The Balaban J connectivity index is 2.06. The average molecular weight is 338 g/mol. The van der Waals surface area contributed by atoms with E-state index in [1.807, 2.05) is 6.92 Å².